The number of para-hydroxylation sites is 1. The average Bonchev–Trinajstić information content (AvgIpc) is 2.91. The Kier molecular flexibility index (Phi) is 3.31. The van der Waals surface area contributed by atoms with Crippen molar-refractivity contribution in [1.82, 2.24) is 15.0 Å². The van der Waals surface area contributed by atoms with Gasteiger partial charge >= 0.3 is 0 Å². The van der Waals surface area contributed by atoms with Gasteiger partial charge in [0.15, 0.2) is 12.0 Å². The fourth-order valence-corrected chi connectivity index (χ4v) is 2.23. The van der Waals surface area contributed by atoms with Gasteiger partial charge < -0.3 is 0 Å². The molecule has 0 spiro atoms. The van der Waals surface area contributed by atoms with E-state index in [0.29, 0.717) is 12.0 Å². The number of benzene rings is 2. The minimum absolute atomic E-state index is 0.184. The zero-order valence-electron chi connectivity index (χ0n) is 11.3. The molecule has 0 aliphatic carbocycles. The van der Waals surface area contributed by atoms with E-state index >= 15 is 0 Å². The summed E-state index contributed by atoms with van der Waals surface area (Å²) in [6.07, 6.45) is 0.627. The Morgan fingerprint density at radius 3 is 2.67 bits per heavy atom. The average molecular weight is 281 g/mol. The molecule has 3 aromatic rings. The lowest BCUT2D eigenvalue weighted by atomic mass is 10.1. The minimum atomic E-state index is -0.422. The van der Waals surface area contributed by atoms with E-state index in [2.05, 4.69) is 10.3 Å². The Hall–Kier alpha value is -2.82. The van der Waals surface area contributed by atoms with Crippen molar-refractivity contribution < 1.29 is 9.18 Å². The Morgan fingerprint density at radius 1 is 1.14 bits per heavy atom. The molecule has 21 heavy (non-hydrogen) atoms. The van der Waals surface area contributed by atoms with Crippen LogP contribution in [0.4, 0.5) is 4.39 Å². The summed E-state index contributed by atoms with van der Waals surface area (Å²) in [5, 5.41) is 7.76. The van der Waals surface area contributed by atoms with Gasteiger partial charge in [-0.25, -0.2) is 9.07 Å². The van der Waals surface area contributed by atoms with Crippen LogP contribution in [0.2, 0.25) is 0 Å². The Labute approximate surface area is 120 Å². The van der Waals surface area contributed by atoms with E-state index in [0.717, 1.165) is 11.1 Å². The monoisotopic (exact) mass is 281 g/mol. The molecular weight excluding hydrogens is 269 g/mol. The van der Waals surface area contributed by atoms with Crippen molar-refractivity contribution in [2.24, 2.45) is 0 Å². The Balaban J connectivity index is 2.27. The van der Waals surface area contributed by atoms with Crippen LogP contribution < -0.4 is 0 Å². The molecule has 3 rings (SSSR count). The molecule has 0 aliphatic heterocycles. The van der Waals surface area contributed by atoms with Crippen molar-refractivity contribution in [3.05, 3.63) is 65.6 Å². The van der Waals surface area contributed by atoms with E-state index in [1.165, 1.54) is 10.7 Å². The molecule has 0 radical (unpaired) electrons. The van der Waals surface area contributed by atoms with Crippen LogP contribution >= 0.6 is 0 Å². The van der Waals surface area contributed by atoms with Gasteiger partial charge in [0.05, 0.1) is 0 Å². The first-order valence-electron chi connectivity index (χ1n) is 6.43. The van der Waals surface area contributed by atoms with Crippen LogP contribution in [0.3, 0.4) is 0 Å². The SMILES string of the molecule is Cc1cccc(-c2c(C=O)nnn2-c2ccccc2F)c1. The predicted molar refractivity (Wildman–Crippen MR) is 76.9 cm³/mol. The molecule has 1 heterocycles. The first kappa shape index (κ1) is 13.2. The molecule has 104 valence electrons. The van der Waals surface area contributed by atoms with Crippen molar-refractivity contribution in [3.63, 3.8) is 0 Å². The number of nitrogens with zero attached hydrogens (tertiary/aromatic N) is 3. The summed E-state index contributed by atoms with van der Waals surface area (Å²) in [5.41, 5.74) is 2.73. The number of aryl methyl sites for hydroxylation is 1. The van der Waals surface area contributed by atoms with Crippen LogP contribution in [-0.2, 0) is 0 Å². The molecule has 0 aliphatic rings. The Morgan fingerprint density at radius 2 is 1.95 bits per heavy atom. The number of carbonyl (C=O) groups is 1. The normalized spacial score (nSPS) is 10.6. The largest absolute Gasteiger partial charge is 0.296 e. The van der Waals surface area contributed by atoms with Crippen molar-refractivity contribution in [3.8, 4) is 16.9 Å². The van der Waals surface area contributed by atoms with E-state index in [4.69, 9.17) is 0 Å². The zero-order valence-corrected chi connectivity index (χ0v) is 11.3. The first-order valence-corrected chi connectivity index (χ1v) is 6.43. The Bertz CT molecular complexity index is 811. The van der Waals surface area contributed by atoms with Gasteiger partial charge in [-0.15, -0.1) is 5.10 Å². The smallest absolute Gasteiger partial charge is 0.172 e. The standard InChI is InChI=1S/C16H12FN3O/c1-11-5-4-6-12(9-11)16-14(10-21)18-19-20(16)15-8-3-2-7-13(15)17/h2-10H,1H3. The molecular formula is C16H12FN3O. The number of aldehydes is 1. The highest BCUT2D eigenvalue weighted by molar-refractivity contribution is 5.84. The van der Waals surface area contributed by atoms with Crippen molar-refractivity contribution in [1.29, 1.82) is 0 Å². The van der Waals surface area contributed by atoms with Gasteiger partial charge in [0.25, 0.3) is 0 Å². The highest BCUT2D eigenvalue weighted by Gasteiger charge is 2.17. The third-order valence-corrected chi connectivity index (χ3v) is 3.18. The highest BCUT2D eigenvalue weighted by Crippen LogP contribution is 2.26. The van der Waals surface area contributed by atoms with Crippen LogP contribution in [0.25, 0.3) is 16.9 Å². The van der Waals surface area contributed by atoms with Gasteiger partial charge in [-0.2, -0.15) is 0 Å². The van der Waals surface area contributed by atoms with Gasteiger partial charge in [-0.05, 0) is 25.1 Å². The van der Waals surface area contributed by atoms with Crippen LogP contribution in [0.1, 0.15) is 16.1 Å². The summed E-state index contributed by atoms with van der Waals surface area (Å²) in [6, 6.07) is 13.8. The van der Waals surface area contributed by atoms with Gasteiger partial charge in [-0.1, -0.05) is 41.1 Å². The second-order valence-corrected chi connectivity index (χ2v) is 4.67. The minimum Gasteiger partial charge on any atom is -0.296 e. The lowest BCUT2D eigenvalue weighted by Crippen LogP contribution is -2.02. The van der Waals surface area contributed by atoms with Crippen LogP contribution in [0.5, 0.6) is 0 Å². The topological polar surface area (TPSA) is 47.8 Å². The lowest BCUT2D eigenvalue weighted by Gasteiger charge is -2.08. The summed E-state index contributed by atoms with van der Waals surface area (Å²) >= 11 is 0. The molecule has 0 atom stereocenters. The van der Waals surface area contributed by atoms with Crippen molar-refractivity contribution >= 4 is 6.29 Å². The van der Waals surface area contributed by atoms with Crippen LogP contribution in [-0.4, -0.2) is 21.3 Å². The zero-order chi connectivity index (χ0) is 14.8. The maximum atomic E-state index is 14.0. The number of aromatic nitrogens is 3. The van der Waals surface area contributed by atoms with Crippen molar-refractivity contribution in [2.45, 2.75) is 6.92 Å². The van der Waals surface area contributed by atoms with E-state index in [9.17, 15) is 9.18 Å². The summed E-state index contributed by atoms with van der Waals surface area (Å²) in [7, 11) is 0. The van der Waals surface area contributed by atoms with E-state index in [1.807, 2.05) is 31.2 Å². The van der Waals surface area contributed by atoms with E-state index in [-0.39, 0.29) is 11.4 Å². The number of rotatable bonds is 3. The number of hydrogen-bond acceptors (Lipinski definition) is 3. The molecule has 0 saturated heterocycles. The highest BCUT2D eigenvalue weighted by atomic mass is 19.1. The van der Waals surface area contributed by atoms with E-state index < -0.39 is 5.82 Å². The maximum absolute atomic E-state index is 14.0. The molecule has 0 unspecified atom stereocenters. The molecule has 0 amide bonds. The lowest BCUT2D eigenvalue weighted by molar-refractivity contribution is 0.111. The maximum Gasteiger partial charge on any atom is 0.172 e. The summed E-state index contributed by atoms with van der Waals surface area (Å²) < 4.78 is 15.3. The molecule has 1 aromatic heterocycles. The van der Waals surface area contributed by atoms with Gasteiger partial charge in [0, 0.05) is 5.56 Å². The number of halogens is 1. The van der Waals surface area contributed by atoms with Crippen LogP contribution in [0.15, 0.2) is 48.5 Å². The molecule has 5 heteroatoms. The molecule has 0 bridgehead atoms. The summed E-state index contributed by atoms with van der Waals surface area (Å²) in [6.45, 7) is 1.95. The number of hydrogen-bond donors (Lipinski definition) is 0. The first-order chi connectivity index (χ1) is 10.2. The third-order valence-electron chi connectivity index (χ3n) is 3.18. The van der Waals surface area contributed by atoms with Gasteiger partial charge in [0.1, 0.15) is 17.2 Å². The molecule has 2 aromatic carbocycles. The molecule has 0 saturated carbocycles. The fourth-order valence-electron chi connectivity index (χ4n) is 2.23. The molecule has 4 nitrogen and oxygen atoms in total. The second kappa shape index (κ2) is 5.28. The van der Waals surface area contributed by atoms with Gasteiger partial charge in [-0.3, -0.25) is 4.79 Å². The van der Waals surface area contributed by atoms with E-state index in [1.54, 1.807) is 18.2 Å². The van der Waals surface area contributed by atoms with Crippen molar-refractivity contribution in [2.75, 3.05) is 0 Å². The molecule has 0 fully saturated rings. The van der Waals surface area contributed by atoms with Gasteiger partial charge in [0.2, 0.25) is 0 Å². The third kappa shape index (κ3) is 2.33. The quantitative estimate of drug-likeness (QED) is 0.693. The number of carbonyl (C=O) groups excluding carboxylic acids is 1. The summed E-state index contributed by atoms with van der Waals surface area (Å²) in [4.78, 5) is 11.2. The second-order valence-electron chi connectivity index (χ2n) is 4.67. The molecule has 0 N–H and O–H groups in total. The predicted octanol–water partition coefficient (Wildman–Crippen LogP) is 3.19. The van der Waals surface area contributed by atoms with Crippen LogP contribution in [0, 0.1) is 12.7 Å². The summed E-state index contributed by atoms with van der Waals surface area (Å²) in [5.74, 6) is -0.422. The fraction of sp³-hybridized carbons (Fsp3) is 0.0625.